The maximum atomic E-state index is 13.4. The smallest absolute Gasteiger partial charge is 0.264 e. The lowest BCUT2D eigenvalue weighted by Gasteiger charge is -2.12. The van der Waals surface area contributed by atoms with Gasteiger partial charge in [-0.1, -0.05) is 22.0 Å². The molecule has 0 amide bonds. The predicted molar refractivity (Wildman–Crippen MR) is 80.5 cm³/mol. The van der Waals surface area contributed by atoms with Crippen molar-refractivity contribution in [2.75, 3.05) is 10.5 Å². The molecule has 0 aliphatic heterocycles. The third-order valence-electron chi connectivity index (χ3n) is 2.74. The molecule has 20 heavy (non-hydrogen) atoms. The third-order valence-corrected chi connectivity index (χ3v) is 4.65. The fraction of sp³-hybridized carbons (Fsp3) is 0.0769. The molecule has 0 radical (unpaired) electrons. The standard InChI is InChI=1S/C13H12BrFN2O2S/c1-8-7-9(14)5-6-11(8)17-20(18,19)12-4-2-3-10(15)13(12)16/h2-7,17H,16H2,1H3. The van der Waals surface area contributed by atoms with Gasteiger partial charge in [0.25, 0.3) is 10.0 Å². The molecule has 4 nitrogen and oxygen atoms in total. The van der Waals surface area contributed by atoms with Gasteiger partial charge in [-0.3, -0.25) is 4.72 Å². The molecule has 0 saturated carbocycles. The number of benzene rings is 2. The van der Waals surface area contributed by atoms with Gasteiger partial charge < -0.3 is 5.73 Å². The Kier molecular flexibility index (Phi) is 4.01. The van der Waals surface area contributed by atoms with Crippen LogP contribution in [0.2, 0.25) is 0 Å². The van der Waals surface area contributed by atoms with Crippen molar-refractivity contribution >= 4 is 37.3 Å². The molecule has 0 aromatic heterocycles. The van der Waals surface area contributed by atoms with Crippen LogP contribution >= 0.6 is 15.9 Å². The second-order valence-corrected chi connectivity index (χ2v) is 6.78. The van der Waals surface area contributed by atoms with Crippen LogP contribution in [0.1, 0.15) is 5.56 Å². The number of sulfonamides is 1. The van der Waals surface area contributed by atoms with Crippen LogP contribution in [0.3, 0.4) is 0 Å². The molecule has 0 atom stereocenters. The molecule has 0 heterocycles. The van der Waals surface area contributed by atoms with E-state index in [0.29, 0.717) is 5.69 Å². The minimum Gasteiger partial charge on any atom is -0.395 e. The summed E-state index contributed by atoms with van der Waals surface area (Å²) in [5.74, 6) is -0.764. The van der Waals surface area contributed by atoms with E-state index < -0.39 is 21.5 Å². The summed E-state index contributed by atoms with van der Waals surface area (Å²) in [6.07, 6.45) is 0. The number of para-hydroxylation sites is 1. The maximum Gasteiger partial charge on any atom is 0.264 e. The summed E-state index contributed by atoms with van der Waals surface area (Å²) in [5, 5.41) is 0. The van der Waals surface area contributed by atoms with Crippen molar-refractivity contribution < 1.29 is 12.8 Å². The zero-order chi connectivity index (χ0) is 14.9. The van der Waals surface area contributed by atoms with Gasteiger partial charge in [0.15, 0.2) is 0 Å². The molecule has 3 N–H and O–H groups in total. The molecular formula is C13H12BrFN2O2S. The highest BCUT2D eigenvalue weighted by molar-refractivity contribution is 9.10. The highest BCUT2D eigenvalue weighted by atomic mass is 79.9. The summed E-state index contributed by atoms with van der Waals surface area (Å²) in [7, 11) is -3.93. The van der Waals surface area contributed by atoms with Crippen LogP contribution in [0, 0.1) is 12.7 Å². The molecule has 106 valence electrons. The van der Waals surface area contributed by atoms with E-state index in [1.807, 2.05) is 0 Å². The highest BCUT2D eigenvalue weighted by Gasteiger charge is 2.20. The van der Waals surface area contributed by atoms with Gasteiger partial charge in [-0.25, -0.2) is 12.8 Å². The quantitative estimate of drug-likeness (QED) is 0.827. The van der Waals surface area contributed by atoms with Crippen molar-refractivity contribution in [1.82, 2.24) is 0 Å². The predicted octanol–water partition coefficient (Wildman–Crippen LogP) is 3.28. The number of hydrogen-bond donors (Lipinski definition) is 2. The first-order valence-corrected chi connectivity index (χ1v) is 7.92. The lowest BCUT2D eigenvalue weighted by atomic mass is 10.2. The van der Waals surface area contributed by atoms with Crippen molar-refractivity contribution in [1.29, 1.82) is 0 Å². The molecule has 0 bridgehead atoms. The Bertz CT molecular complexity index is 763. The molecule has 0 saturated heterocycles. The van der Waals surface area contributed by atoms with E-state index in [1.54, 1.807) is 25.1 Å². The van der Waals surface area contributed by atoms with Crippen LogP contribution < -0.4 is 10.5 Å². The minimum absolute atomic E-state index is 0.278. The Balaban J connectivity index is 2.44. The van der Waals surface area contributed by atoms with E-state index in [9.17, 15) is 12.8 Å². The number of nitrogens with two attached hydrogens (primary N) is 1. The summed E-state index contributed by atoms with van der Waals surface area (Å²) >= 11 is 3.30. The number of halogens is 2. The molecular weight excluding hydrogens is 347 g/mol. The van der Waals surface area contributed by atoms with Gasteiger partial charge in [-0.15, -0.1) is 0 Å². The zero-order valence-electron chi connectivity index (χ0n) is 10.5. The van der Waals surface area contributed by atoms with Crippen LogP contribution in [0.4, 0.5) is 15.8 Å². The SMILES string of the molecule is Cc1cc(Br)ccc1NS(=O)(=O)c1cccc(F)c1N. The van der Waals surface area contributed by atoms with Gasteiger partial charge in [-0.2, -0.15) is 0 Å². The maximum absolute atomic E-state index is 13.4. The van der Waals surface area contributed by atoms with E-state index in [-0.39, 0.29) is 4.90 Å². The van der Waals surface area contributed by atoms with Crippen molar-refractivity contribution in [3.05, 3.63) is 52.3 Å². The van der Waals surface area contributed by atoms with Gasteiger partial charge in [-0.05, 0) is 42.8 Å². The summed E-state index contributed by atoms with van der Waals surface area (Å²) in [4.78, 5) is -0.278. The number of nitrogens with one attached hydrogen (secondary N) is 1. The first-order chi connectivity index (χ1) is 9.31. The van der Waals surface area contributed by atoms with Crippen LogP contribution in [-0.2, 0) is 10.0 Å². The van der Waals surface area contributed by atoms with Gasteiger partial charge in [0.05, 0.1) is 11.4 Å². The molecule has 2 aromatic carbocycles. The first-order valence-electron chi connectivity index (χ1n) is 5.64. The molecule has 0 aliphatic rings. The zero-order valence-corrected chi connectivity index (χ0v) is 12.9. The topological polar surface area (TPSA) is 72.2 Å². The van der Waals surface area contributed by atoms with Crippen molar-refractivity contribution in [2.45, 2.75) is 11.8 Å². The van der Waals surface area contributed by atoms with Crippen LogP contribution in [0.25, 0.3) is 0 Å². The van der Waals surface area contributed by atoms with Crippen LogP contribution in [0.5, 0.6) is 0 Å². The Morgan fingerprint density at radius 3 is 2.60 bits per heavy atom. The van der Waals surface area contributed by atoms with Gasteiger partial charge in [0.2, 0.25) is 0 Å². The van der Waals surface area contributed by atoms with Crippen LogP contribution in [-0.4, -0.2) is 8.42 Å². The van der Waals surface area contributed by atoms with Gasteiger partial charge >= 0.3 is 0 Å². The number of hydrogen-bond acceptors (Lipinski definition) is 3. The second-order valence-electron chi connectivity index (χ2n) is 4.22. The Morgan fingerprint density at radius 2 is 1.95 bits per heavy atom. The van der Waals surface area contributed by atoms with Crippen molar-refractivity contribution in [3.8, 4) is 0 Å². The highest BCUT2D eigenvalue weighted by Crippen LogP contribution is 2.26. The van der Waals surface area contributed by atoms with E-state index >= 15 is 0 Å². The summed E-state index contributed by atoms with van der Waals surface area (Å²) in [6.45, 7) is 1.76. The normalized spacial score (nSPS) is 11.3. The number of aryl methyl sites for hydroxylation is 1. The van der Waals surface area contributed by atoms with Crippen molar-refractivity contribution in [2.24, 2.45) is 0 Å². The summed E-state index contributed by atoms with van der Waals surface area (Å²) in [6, 6.07) is 8.77. The average Bonchev–Trinajstić information content (AvgIpc) is 2.36. The lowest BCUT2D eigenvalue weighted by molar-refractivity contribution is 0.597. The monoisotopic (exact) mass is 358 g/mol. The lowest BCUT2D eigenvalue weighted by Crippen LogP contribution is -2.16. The summed E-state index contributed by atoms with van der Waals surface area (Å²) in [5.41, 5.74) is 6.24. The first kappa shape index (κ1) is 14.8. The molecule has 0 spiro atoms. The van der Waals surface area contributed by atoms with Gasteiger partial charge in [0.1, 0.15) is 10.7 Å². The molecule has 2 aromatic rings. The van der Waals surface area contributed by atoms with E-state index in [2.05, 4.69) is 20.7 Å². The number of rotatable bonds is 3. The molecule has 7 heteroatoms. The molecule has 0 aliphatic carbocycles. The minimum atomic E-state index is -3.93. The molecule has 0 unspecified atom stereocenters. The average molecular weight is 359 g/mol. The Hall–Kier alpha value is -1.60. The number of nitrogen functional groups attached to an aromatic ring is 1. The van der Waals surface area contributed by atoms with E-state index in [4.69, 9.17) is 5.73 Å². The fourth-order valence-electron chi connectivity index (χ4n) is 1.69. The third kappa shape index (κ3) is 2.94. The van der Waals surface area contributed by atoms with E-state index in [1.165, 1.54) is 12.1 Å². The largest absolute Gasteiger partial charge is 0.395 e. The summed E-state index contributed by atoms with van der Waals surface area (Å²) < 4.78 is 41.1. The Labute approximate surface area is 125 Å². The van der Waals surface area contributed by atoms with E-state index in [0.717, 1.165) is 16.1 Å². The van der Waals surface area contributed by atoms with Gasteiger partial charge in [0, 0.05) is 4.47 Å². The fourth-order valence-corrected chi connectivity index (χ4v) is 3.44. The number of anilines is 2. The van der Waals surface area contributed by atoms with Crippen LogP contribution in [0.15, 0.2) is 45.8 Å². The molecule has 0 fully saturated rings. The van der Waals surface area contributed by atoms with Crippen molar-refractivity contribution in [3.63, 3.8) is 0 Å². The molecule has 2 rings (SSSR count). The Morgan fingerprint density at radius 1 is 1.25 bits per heavy atom. The second kappa shape index (κ2) is 5.41.